The molecule has 4 rings (SSSR count). The number of amides is 1. The minimum Gasteiger partial charge on any atom is -0.333 e. The van der Waals surface area contributed by atoms with E-state index in [0.29, 0.717) is 47.7 Å². The SMILES string of the molecule is CCCN(C(=O)CCC1CCCC1)C(CC)c1nc2ccccc2c(=O)n1-c1ccc(F)c(Cl)c1. The van der Waals surface area contributed by atoms with E-state index in [-0.39, 0.29) is 16.5 Å². The first-order valence-electron chi connectivity index (χ1n) is 12.7. The molecular weight excluding hydrogens is 465 g/mol. The van der Waals surface area contributed by atoms with Crippen molar-refractivity contribution in [2.45, 2.75) is 71.3 Å². The van der Waals surface area contributed by atoms with Crippen molar-refractivity contribution in [3.8, 4) is 5.69 Å². The molecule has 1 saturated carbocycles. The number of hydrogen-bond donors (Lipinski definition) is 0. The molecule has 3 aromatic rings. The number of carbonyl (C=O) groups excluding carboxylic acids is 1. The van der Waals surface area contributed by atoms with Crippen LogP contribution >= 0.6 is 11.6 Å². The van der Waals surface area contributed by atoms with Crippen molar-refractivity contribution in [1.29, 1.82) is 0 Å². The minimum atomic E-state index is -0.555. The quantitative estimate of drug-likeness (QED) is 0.325. The third-order valence-electron chi connectivity index (χ3n) is 7.05. The Morgan fingerprint density at radius 1 is 1.20 bits per heavy atom. The van der Waals surface area contributed by atoms with Crippen LogP contribution in [-0.2, 0) is 4.79 Å². The third-order valence-corrected chi connectivity index (χ3v) is 7.34. The molecule has 0 N–H and O–H groups in total. The molecule has 1 unspecified atom stereocenters. The molecule has 0 aliphatic heterocycles. The Morgan fingerprint density at radius 3 is 2.63 bits per heavy atom. The Balaban J connectivity index is 1.81. The summed E-state index contributed by atoms with van der Waals surface area (Å²) in [5, 5.41) is 0.390. The zero-order chi connectivity index (χ0) is 24.9. The maximum Gasteiger partial charge on any atom is 0.266 e. The van der Waals surface area contributed by atoms with Crippen LogP contribution in [0.4, 0.5) is 4.39 Å². The summed E-state index contributed by atoms with van der Waals surface area (Å²) in [5.74, 6) is 0.638. The number of halogens is 2. The highest BCUT2D eigenvalue weighted by atomic mass is 35.5. The van der Waals surface area contributed by atoms with E-state index in [0.717, 1.165) is 12.8 Å². The highest BCUT2D eigenvalue weighted by Crippen LogP contribution is 2.31. The Morgan fingerprint density at radius 2 is 1.94 bits per heavy atom. The van der Waals surface area contributed by atoms with Gasteiger partial charge in [0.05, 0.1) is 27.7 Å². The molecule has 1 atom stereocenters. The van der Waals surface area contributed by atoms with Gasteiger partial charge in [0.2, 0.25) is 5.91 Å². The molecule has 1 aromatic heterocycles. The lowest BCUT2D eigenvalue weighted by Gasteiger charge is -2.32. The van der Waals surface area contributed by atoms with E-state index in [2.05, 4.69) is 0 Å². The molecule has 1 aliphatic rings. The zero-order valence-corrected chi connectivity index (χ0v) is 21.2. The monoisotopic (exact) mass is 497 g/mol. The molecule has 5 nitrogen and oxygen atoms in total. The molecule has 0 radical (unpaired) electrons. The lowest BCUT2D eigenvalue weighted by atomic mass is 10.0. The van der Waals surface area contributed by atoms with Crippen molar-refractivity contribution in [1.82, 2.24) is 14.5 Å². The zero-order valence-electron chi connectivity index (χ0n) is 20.5. The second kappa shape index (κ2) is 11.3. The summed E-state index contributed by atoms with van der Waals surface area (Å²) in [4.78, 5) is 34.0. The molecule has 1 aliphatic carbocycles. The Hall–Kier alpha value is -2.73. The van der Waals surface area contributed by atoms with Crippen molar-refractivity contribution >= 4 is 28.4 Å². The molecule has 186 valence electrons. The fourth-order valence-electron chi connectivity index (χ4n) is 5.25. The van der Waals surface area contributed by atoms with Gasteiger partial charge in [0.1, 0.15) is 11.6 Å². The van der Waals surface area contributed by atoms with Gasteiger partial charge in [0, 0.05) is 13.0 Å². The largest absolute Gasteiger partial charge is 0.333 e. The molecule has 7 heteroatoms. The van der Waals surface area contributed by atoms with E-state index in [1.54, 1.807) is 18.2 Å². The molecule has 1 fully saturated rings. The summed E-state index contributed by atoms with van der Waals surface area (Å²) >= 11 is 6.09. The van der Waals surface area contributed by atoms with E-state index >= 15 is 0 Å². The van der Waals surface area contributed by atoms with Gasteiger partial charge in [-0.3, -0.25) is 14.2 Å². The summed E-state index contributed by atoms with van der Waals surface area (Å²) in [6.45, 7) is 4.63. The van der Waals surface area contributed by atoms with Crippen LogP contribution in [0.15, 0.2) is 47.3 Å². The van der Waals surface area contributed by atoms with Gasteiger partial charge < -0.3 is 4.90 Å². The van der Waals surface area contributed by atoms with Gasteiger partial charge in [-0.05, 0) is 55.5 Å². The minimum absolute atomic E-state index is 0.0698. The molecule has 0 saturated heterocycles. The smallest absolute Gasteiger partial charge is 0.266 e. The lowest BCUT2D eigenvalue weighted by Crippen LogP contribution is -2.39. The first-order chi connectivity index (χ1) is 16.9. The molecule has 0 bridgehead atoms. The first-order valence-corrected chi connectivity index (χ1v) is 13.1. The fourth-order valence-corrected chi connectivity index (χ4v) is 5.43. The third kappa shape index (κ3) is 5.43. The van der Waals surface area contributed by atoms with Crippen molar-refractivity contribution in [2.75, 3.05) is 6.54 Å². The van der Waals surface area contributed by atoms with Gasteiger partial charge in [-0.25, -0.2) is 9.37 Å². The fraction of sp³-hybridized carbons (Fsp3) is 0.464. The lowest BCUT2D eigenvalue weighted by molar-refractivity contribution is -0.134. The van der Waals surface area contributed by atoms with E-state index in [1.807, 2.05) is 24.8 Å². The first kappa shape index (κ1) is 25.4. The maximum atomic E-state index is 14.0. The average molecular weight is 498 g/mol. The van der Waals surface area contributed by atoms with Crippen molar-refractivity contribution in [2.24, 2.45) is 5.92 Å². The summed E-state index contributed by atoms with van der Waals surface area (Å²) in [7, 11) is 0. The topological polar surface area (TPSA) is 55.2 Å². The second-order valence-corrected chi connectivity index (χ2v) is 9.83. The summed E-state index contributed by atoms with van der Waals surface area (Å²) in [5.41, 5.74) is 0.745. The van der Waals surface area contributed by atoms with Crippen LogP contribution in [0.1, 0.15) is 77.1 Å². The Bertz CT molecular complexity index is 1250. The van der Waals surface area contributed by atoms with Crippen molar-refractivity contribution in [3.05, 3.63) is 69.5 Å². The number of hydrogen-bond acceptors (Lipinski definition) is 3. The van der Waals surface area contributed by atoms with Crippen LogP contribution in [0.25, 0.3) is 16.6 Å². The van der Waals surface area contributed by atoms with E-state index < -0.39 is 11.9 Å². The van der Waals surface area contributed by atoms with Gasteiger partial charge >= 0.3 is 0 Å². The normalized spacial score (nSPS) is 15.0. The Labute approximate surface area is 210 Å². The van der Waals surface area contributed by atoms with Crippen LogP contribution in [0.2, 0.25) is 5.02 Å². The van der Waals surface area contributed by atoms with Crippen LogP contribution < -0.4 is 5.56 Å². The van der Waals surface area contributed by atoms with Gasteiger partial charge in [0.15, 0.2) is 0 Å². The predicted molar refractivity (Wildman–Crippen MR) is 139 cm³/mol. The van der Waals surface area contributed by atoms with Crippen molar-refractivity contribution < 1.29 is 9.18 Å². The average Bonchev–Trinajstić information content (AvgIpc) is 3.38. The molecule has 35 heavy (non-hydrogen) atoms. The molecule has 2 aromatic carbocycles. The van der Waals surface area contributed by atoms with Crippen LogP contribution in [0.5, 0.6) is 0 Å². The highest BCUT2D eigenvalue weighted by Gasteiger charge is 2.29. The number of carbonyl (C=O) groups is 1. The van der Waals surface area contributed by atoms with Crippen molar-refractivity contribution in [3.63, 3.8) is 0 Å². The molecule has 0 spiro atoms. The summed E-state index contributed by atoms with van der Waals surface area (Å²) in [6, 6.07) is 11.0. The standard InChI is InChI=1S/C28H33ClFN3O2/c1-3-17-32(26(34)16-13-19-9-5-6-10-19)25(4-2)27-31-24-12-8-7-11-21(24)28(35)33(27)20-14-15-23(30)22(29)18-20/h7-8,11-12,14-15,18-19,25H,3-6,9-10,13,16-17H2,1-2H3. The number of para-hydroxylation sites is 1. The van der Waals surface area contributed by atoms with Crippen LogP contribution in [0.3, 0.4) is 0 Å². The molecule has 1 heterocycles. The number of rotatable bonds is 9. The van der Waals surface area contributed by atoms with Gasteiger partial charge in [-0.2, -0.15) is 0 Å². The van der Waals surface area contributed by atoms with Crippen LogP contribution in [-0.4, -0.2) is 26.9 Å². The maximum absolute atomic E-state index is 14.0. The summed E-state index contributed by atoms with van der Waals surface area (Å²) in [6.07, 6.45) is 7.71. The number of benzene rings is 2. The van der Waals surface area contributed by atoms with Gasteiger partial charge in [-0.15, -0.1) is 0 Å². The van der Waals surface area contributed by atoms with E-state index in [9.17, 15) is 14.0 Å². The van der Waals surface area contributed by atoms with E-state index in [1.165, 1.54) is 48.4 Å². The van der Waals surface area contributed by atoms with Gasteiger partial charge in [-0.1, -0.05) is 63.3 Å². The second-order valence-electron chi connectivity index (χ2n) is 9.43. The van der Waals surface area contributed by atoms with Gasteiger partial charge in [0.25, 0.3) is 5.56 Å². The molecular formula is C28H33ClFN3O2. The van der Waals surface area contributed by atoms with E-state index in [4.69, 9.17) is 16.6 Å². The Kier molecular flexibility index (Phi) is 8.22. The highest BCUT2D eigenvalue weighted by molar-refractivity contribution is 6.30. The van der Waals surface area contributed by atoms with Crippen LogP contribution in [0, 0.1) is 11.7 Å². The number of fused-ring (bicyclic) bond motifs is 1. The number of aromatic nitrogens is 2. The predicted octanol–water partition coefficient (Wildman–Crippen LogP) is 6.84. The molecule has 1 amide bonds. The number of nitrogens with zero attached hydrogens (tertiary/aromatic N) is 3. The summed E-state index contributed by atoms with van der Waals surface area (Å²) < 4.78 is 15.4.